The number of rotatable bonds is 8. The van der Waals surface area contributed by atoms with Gasteiger partial charge in [-0.25, -0.2) is 0 Å². The molecule has 0 heterocycles. The molecule has 0 fully saturated rings. The summed E-state index contributed by atoms with van der Waals surface area (Å²) < 4.78 is 0. The zero-order chi connectivity index (χ0) is 13.4. The third kappa shape index (κ3) is 5.42. The predicted octanol–water partition coefficient (Wildman–Crippen LogP) is 3.11. The highest BCUT2D eigenvalue weighted by atomic mass is 32.2. The van der Waals surface area contributed by atoms with Crippen molar-refractivity contribution in [3.8, 4) is 0 Å². The zero-order valence-electron chi connectivity index (χ0n) is 11.5. The Morgan fingerprint density at radius 3 is 2.78 bits per heavy atom. The highest BCUT2D eigenvalue weighted by molar-refractivity contribution is 7.98. The number of hydrogen-bond donors (Lipinski definition) is 2. The van der Waals surface area contributed by atoms with Gasteiger partial charge in [0.25, 0.3) is 0 Å². The molecule has 1 unspecified atom stereocenters. The van der Waals surface area contributed by atoms with Crippen LogP contribution in [0.4, 0.5) is 0 Å². The van der Waals surface area contributed by atoms with Gasteiger partial charge in [-0.05, 0) is 37.5 Å². The van der Waals surface area contributed by atoms with Crippen LogP contribution < -0.4 is 5.73 Å². The van der Waals surface area contributed by atoms with Gasteiger partial charge in [-0.2, -0.15) is 11.8 Å². The fourth-order valence-electron chi connectivity index (χ4n) is 1.89. The van der Waals surface area contributed by atoms with Crippen molar-refractivity contribution in [1.29, 1.82) is 0 Å². The maximum Gasteiger partial charge on any atom is 0.0611 e. The van der Waals surface area contributed by atoms with Crippen LogP contribution in [0.2, 0.25) is 0 Å². The minimum absolute atomic E-state index is 0.0893. The van der Waals surface area contributed by atoms with Gasteiger partial charge in [0.15, 0.2) is 0 Å². The van der Waals surface area contributed by atoms with Gasteiger partial charge >= 0.3 is 0 Å². The minimum atomic E-state index is -0.371. The van der Waals surface area contributed by atoms with Gasteiger partial charge in [-0.3, -0.25) is 0 Å². The van der Waals surface area contributed by atoms with E-state index in [1.807, 2.05) is 18.7 Å². The molecule has 0 aliphatic carbocycles. The Bertz CT molecular complexity index is 350. The van der Waals surface area contributed by atoms with Gasteiger partial charge in [-0.1, -0.05) is 36.8 Å². The summed E-state index contributed by atoms with van der Waals surface area (Å²) in [6.45, 7) is 4.25. The van der Waals surface area contributed by atoms with Gasteiger partial charge in [0, 0.05) is 11.3 Å². The minimum Gasteiger partial charge on any atom is -0.394 e. The number of nitrogens with two attached hydrogens (primary N) is 1. The molecule has 1 aromatic rings. The maximum atomic E-state index is 9.22. The van der Waals surface area contributed by atoms with E-state index in [0.29, 0.717) is 0 Å². The highest BCUT2D eigenvalue weighted by Crippen LogP contribution is 2.18. The van der Waals surface area contributed by atoms with E-state index in [1.54, 1.807) is 0 Å². The monoisotopic (exact) mass is 267 g/mol. The van der Waals surface area contributed by atoms with Crippen molar-refractivity contribution in [2.75, 3.05) is 12.4 Å². The molecule has 0 aliphatic rings. The van der Waals surface area contributed by atoms with Crippen molar-refractivity contribution in [3.05, 3.63) is 35.4 Å². The Kier molecular flexibility index (Phi) is 6.76. The molecule has 0 spiro atoms. The second kappa shape index (κ2) is 7.82. The Balaban J connectivity index is 2.19. The van der Waals surface area contributed by atoms with E-state index in [4.69, 9.17) is 5.73 Å². The highest BCUT2D eigenvalue weighted by Gasteiger charge is 2.20. The van der Waals surface area contributed by atoms with E-state index in [0.717, 1.165) is 30.8 Å². The quantitative estimate of drug-likeness (QED) is 0.711. The molecule has 0 saturated heterocycles. The Morgan fingerprint density at radius 2 is 2.17 bits per heavy atom. The Morgan fingerprint density at radius 1 is 1.39 bits per heavy atom. The molecule has 0 radical (unpaired) electrons. The fourth-order valence-corrected chi connectivity index (χ4v) is 2.79. The Hall–Kier alpha value is -0.510. The van der Waals surface area contributed by atoms with Crippen LogP contribution in [0.3, 0.4) is 0 Å². The molecule has 3 heteroatoms. The van der Waals surface area contributed by atoms with Crippen molar-refractivity contribution < 1.29 is 5.11 Å². The lowest BCUT2D eigenvalue weighted by Crippen LogP contribution is -2.42. The van der Waals surface area contributed by atoms with Crippen LogP contribution in [0.5, 0.6) is 0 Å². The molecule has 3 N–H and O–H groups in total. The van der Waals surface area contributed by atoms with Gasteiger partial charge < -0.3 is 10.8 Å². The lowest BCUT2D eigenvalue weighted by Gasteiger charge is -2.25. The number of aryl methyl sites for hydroxylation is 1. The van der Waals surface area contributed by atoms with Gasteiger partial charge in [0.1, 0.15) is 0 Å². The lowest BCUT2D eigenvalue weighted by atomic mass is 9.93. The molecule has 1 atom stereocenters. The third-order valence-electron chi connectivity index (χ3n) is 3.33. The molecule has 102 valence electrons. The van der Waals surface area contributed by atoms with Gasteiger partial charge in [0.05, 0.1) is 6.61 Å². The zero-order valence-corrected chi connectivity index (χ0v) is 12.3. The summed E-state index contributed by atoms with van der Waals surface area (Å²) in [4.78, 5) is 0. The normalized spacial score (nSPS) is 14.4. The standard InChI is InChI=1S/C15H25NOS/c1-3-15(16,12-17)8-5-9-18-11-14-7-4-6-13(2)10-14/h4,6-7,10,17H,3,5,8-9,11-12,16H2,1-2H3. The first kappa shape index (κ1) is 15.5. The van der Waals surface area contributed by atoms with Crippen LogP contribution in [0.25, 0.3) is 0 Å². The van der Waals surface area contributed by atoms with Gasteiger partial charge in [0.2, 0.25) is 0 Å². The van der Waals surface area contributed by atoms with Crippen LogP contribution in [-0.4, -0.2) is 23.0 Å². The lowest BCUT2D eigenvalue weighted by molar-refractivity contribution is 0.182. The SMILES string of the molecule is CCC(N)(CO)CCCSCc1cccc(C)c1. The number of aliphatic hydroxyl groups is 1. The maximum absolute atomic E-state index is 9.22. The van der Waals surface area contributed by atoms with Crippen LogP contribution in [0, 0.1) is 6.92 Å². The summed E-state index contributed by atoms with van der Waals surface area (Å²) in [7, 11) is 0. The van der Waals surface area contributed by atoms with Crippen molar-refractivity contribution in [3.63, 3.8) is 0 Å². The second-order valence-electron chi connectivity index (χ2n) is 5.02. The fraction of sp³-hybridized carbons (Fsp3) is 0.600. The van der Waals surface area contributed by atoms with E-state index in [9.17, 15) is 5.11 Å². The predicted molar refractivity (Wildman–Crippen MR) is 80.9 cm³/mol. The molecule has 18 heavy (non-hydrogen) atoms. The molecular weight excluding hydrogens is 242 g/mol. The molecule has 1 aromatic carbocycles. The summed E-state index contributed by atoms with van der Waals surface area (Å²) in [5, 5.41) is 9.22. The first-order chi connectivity index (χ1) is 8.59. The van der Waals surface area contributed by atoms with Crippen molar-refractivity contribution >= 4 is 11.8 Å². The molecule has 2 nitrogen and oxygen atoms in total. The molecular formula is C15H25NOS. The van der Waals surface area contributed by atoms with Crippen LogP contribution >= 0.6 is 11.8 Å². The largest absolute Gasteiger partial charge is 0.394 e. The molecule has 0 aliphatic heterocycles. The molecule has 0 amide bonds. The van der Waals surface area contributed by atoms with Crippen molar-refractivity contribution in [2.24, 2.45) is 5.73 Å². The first-order valence-electron chi connectivity index (χ1n) is 6.62. The van der Waals surface area contributed by atoms with E-state index in [2.05, 4.69) is 31.2 Å². The van der Waals surface area contributed by atoms with E-state index in [-0.39, 0.29) is 12.1 Å². The van der Waals surface area contributed by atoms with Crippen LogP contribution in [0.1, 0.15) is 37.3 Å². The molecule has 0 saturated carbocycles. The summed E-state index contributed by atoms with van der Waals surface area (Å²) in [6.07, 6.45) is 2.81. The topological polar surface area (TPSA) is 46.2 Å². The second-order valence-corrected chi connectivity index (χ2v) is 6.12. The number of hydrogen-bond acceptors (Lipinski definition) is 3. The van der Waals surface area contributed by atoms with E-state index in [1.165, 1.54) is 11.1 Å². The first-order valence-corrected chi connectivity index (χ1v) is 7.78. The number of benzene rings is 1. The summed E-state index contributed by atoms with van der Waals surface area (Å²) in [5.74, 6) is 2.16. The van der Waals surface area contributed by atoms with Crippen molar-refractivity contribution in [2.45, 2.75) is 44.4 Å². The molecule has 1 rings (SSSR count). The molecule has 0 aromatic heterocycles. The van der Waals surface area contributed by atoms with Crippen molar-refractivity contribution in [1.82, 2.24) is 0 Å². The summed E-state index contributed by atoms with van der Waals surface area (Å²) >= 11 is 1.94. The van der Waals surface area contributed by atoms with E-state index < -0.39 is 0 Å². The number of aliphatic hydroxyl groups excluding tert-OH is 1. The van der Waals surface area contributed by atoms with E-state index >= 15 is 0 Å². The average molecular weight is 267 g/mol. The Labute approximate surface area is 115 Å². The molecule has 0 bridgehead atoms. The average Bonchev–Trinajstić information content (AvgIpc) is 2.38. The number of thioether (sulfide) groups is 1. The smallest absolute Gasteiger partial charge is 0.0611 e. The summed E-state index contributed by atoms with van der Waals surface area (Å²) in [6, 6.07) is 8.64. The summed E-state index contributed by atoms with van der Waals surface area (Å²) in [5.41, 5.74) is 8.38. The van der Waals surface area contributed by atoms with Crippen LogP contribution in [-0.2, 0) is 5.75 Å². The van der Waals surface area contributed by atoms with Crippen LogP contribution in [0.15, 0.2) is 24.3 Å². The third-order valence-corrected chi connectivity index (χ3v) is 4.45. The van der Waals surface area contributed by atoms with Gasteiger partial charge in [-0.15, -0.1) is 0 Å².